The van der Waals surface area contributed by atoms with E-state index in [2.05, 4.69) is 66.4 Å². The predicted molar refractivity (Wildman–Crippen MR) is 63.7 cm³/mol. The molecule has 62 valence electrons. The van der Waals surface area contributed by atoms with Crippen molar-refractivity contribution in [3.63, 3.8) is 0 Å². The topological polar surface area (TPSA) is 0 Å². The zero-order valence-corrected chi connectivity index (χ0v) is 10.2. The van der Waals surface area contributed by atoms with Gasteiger partial charge in [0.25, 0.3) is 0 Å². The molecule has 14 heavy (non-hydrogen) atoms. The minimum absolute atomic E-state index is 0.0119. The molecule has 0 nitrogen and oxygen atoms in total. The summed E-state index contributed by atoms with van der Waals surface area (Å²) in [5.74, 6) is 0. The second kappa shape index (κ2) is 5.29. The number of halogens is 1. The molecule has 0 bridgehead atoms. The molecule has 0 atom stereocenters. The number of rotatable bonds is 2. The van der Waals surface area contributed by atoms with Crippen LogP contribution in [0, 0.1) is 10.5 Å². The van der Waals surface area contributed by atoms with Crippen LogP contribution in [0.3, 0.4) is 0 Å². The first-order valence-corrected chi connectivity index (χ1v) is 6.77. The molecule has 0 N–H and O–H groups in total. The van der Waals surface area contributed by atoms with Crippen molar-refractivity contribution in [1.82, 2.24) is 0 Å². The van der Waals surface area contributed by atoms with Crippen molar-refractivity contribution in [2.45, 2.75) is 6.92 Å². The first-order valence-electron chi connectivity index (χ1n) is 4.61. The second-order valence-electron chi connectivity index (χ2n) is 3.19. The fourth-order valence-corrected chi connectivity index (χ4v) is 3.80. The SMILES string of the molecule is Cc1cccc([I-]C2=B[B][B][B][B]2)c1. The number of benzene rings is 1. The summed E-state index contributed by atoms with van der Waals surface area (Å²) in [4.78, 5) is 0. The summed E-state index contributed by atoms with van der Waals surface area (Å²) in [6, 6.07) is 8.82. The fraction of sp³-hybridized carbons (Fsp3) is 0.125. The van der Waals surface area contributed by atoms with Crippen LogP contribution in [0.5, 0.6) is 0 Å². The number of hydrogen-bond acceptors (Lipinski definition) is 0. The van der Waals surface area contributed by atoms with E-state index >= 15 is 0 Å². The van der Waals surface area contributed by atoms with E-state index in [0.717, 1.165) is 0 Å². The molecule has 0 fully saturated rings. The third kappa shape index (κ3) is 3.08. The van der Waals surface area contributed by atoms with E-state index < -0.39 is 0 Å². The molecule has 0 aromatic heterocycles. The second-order valence-corrected chi connectivity index (χ2v) is 6.22. The Morgan fingerprint density at radius 1 is 1.14 bits per heavy atom. The third-order valence-corrected chi connectivity index (χ3v) is 4.57. The molecule has 0 spiro atoms. The molecular weight excluding hydrogens is 277 g/mol. The van der Waals surface area contributed by atoms with E-state index in [-0.39, 0.29) is 21.2 Å². The molecular formula is C8H7B5I-. The van der Waals surface area contributed by atoms with Crippen molar-refractivity contribution in [3.05, 3.63) is 33.4 Å². The van der Waals surface area contributed by atoms with Crippen LogP contribution in [0.25, 0.3) is 0 Å². The van der Waals surface area contributed by atoms with E-state index in [1.54, 1.807) is 0 Å². The molecule has 1 aliphatic rings. The van der Waals surface area contributed by atoms with Crippen LogP contribution in [0.1, 0.15) is 5.56 Å². The van der Waals surface area contributed by atoms with Gasteiger partial charge in [0.2, 0.25) is 0 Å². The van der Waals surface area contributed by atoms with E-state index in [1.165, 1.54) is 12.5 Å². The van der Waals surface area contributed by atoms with Crippen molar-refractivity contribution in [2.24, 2.45) is 0 Å². The Morgan fingerprint density at radius 2 is 2.07 bits per heavy atom. The normalized spacial score (nSPS) is 13.9. The summed E-state index contributed by atoms with van der Waals surface area (Å²) < 4.78 is 2.98. The maximum absolute atomic E-state index is 2.29. The number of aryl methyl sites for hydroxylation is 1. The van der Waals surface area contributed by atoms with Crippen LogP contribution in [0.2, 0.25) is 0 Å². The van der Waals surface area contributed by atoms with Crippen molar-refractivity contribution in [2.75, 3.05) is 0 Å². The van der Waals surface area contributed by atoms with Gasteiger partial charge in [0, 0.05) is 0 Å². The predicted octanol–water partition coefficient (Wildman–Crippen LogP) is -3.46. The summed E-state index contributed by atoms with van der Waals surface area (Å²) in [6.45, 7) is 4.37. The van der Waals surface area contributed by atoms with Crippen molar-refractivity contribution in [1.29, 1.82) is 0 Å². The molecule has 1 aliphatic heterocycles. The van der Waals surface area contributed by atoms with Crippen LogP contribution < -0.4 is 21.2 Å². The van der Waals surface area contributed by atoms with Gasteiger partial charge in [-0.25, -0.2) is 0 Å². The van der Waals surface area contributed by atoms with Gasteiger partial charge in [-0.15, -0.1) is 0 Å². The number of hydrogen-bond donors (Lipinski definition) is 0. The van der Waals surface area contributed by atoms with E-state index in [9.17, 15) is 0 Å². The maximum atomic E-state index is 2.29. The molecule has 4 radical (unpaired) electrons. The van der Waals surface area contributed by atoms with E-state index in [4.69, 9.17) is 0 Å². The standard InChI is InChI=1S/C8H7B5I/c1-6-3-2-4-7(5-6)14-8-9-11-13-12-10-8/h2-5H,1H3/q-1. The van der Waals surface area contributed by atoms with Crippen molar-refractivity contribution < 1.29 is 21.2 Å². The molecule has 6 heteroatoms. The Balaban J connectivity index is 2.06. The van der Waals surface area contributed by atoms with Gasteiger partial charge in [0.05, 0.1) is 0 Å². The molecule has 0 amide bonds. The van der Waals surface area contributed by atoms with Crippen LogP contribution in [-0.4, -0.2) is 38.5 Å². The van der Waals surface area contributed by atoms with Gasteiger partial charge in [0.1, 0.15) is 0 Å². The summed E-state index contributed by atoms with van der Waals surface area (Å²) >= 11 is 0.0119. The van der Waals surface area contributed by atoms with Gasteiger partial charge in [-0.1, -0.05) is 0 Å². The first kappa shape index (κ1) is 10.7. The Bertz CT molecular complexity index is 351. The van der Waals surface area contributed by atoms with Gasteiger partial charge in [0.15, 0.2) is 0 Å². The van der Waals surface area contributed by atoms with Gasteiger partial charge < -0.3 is 0 Å². The molecule has 2 rings (SSSR count). The molecule has 0 saturated heterocycles. The van der Waals surface area contributed by atoms with Gasteiger partial charge in [-0.3, -0.25) is 0 Å². The average molecular weight is 284 g/mol. The minimum atomic E-state index is 0.0119. The van der Waals surface area contributed by atoms with E-state index in [0.29, 0.717) is 0 Å². The quantitative estimate of drug-likeness (QED) is 0.391. The van der Waals surface area contributed by atoms with Crippen LogP contribution in [-0.2, 0) is 0 Å². The van der Waals surface area contributed by atoms with Gasteiger partial charge >= 0.3 is 100 Å². The summed E-state index contributed by atoms with van der Waals surface area (Å²) in [5.41, 5.74) is 1.36. The zero-order valence-electron chi connectivity index (χ0n) is 8.07. The summed E-state index contributed by atoms with van der Waals surface area (Å²) in [5, 5.41) is 0. The monoisotopic (exact) mass is 285 g/mol. The summed E-state index contributed by atoms with van der Waals surface area (Å²) in [7, 11) is 8.52. The first-order chi connectivity index (χ1) is 6.84. The average Bonchev–Trinajstić information content (AvgIpc) is 2.19. The Hall–Kier alpha value is 0.145. The van der Waals surface area contributed by atoms with Crippen molar-refractivity contribution >= 4 is 38.5 Å². The van der Waals surface area contributed by atoms with E-state index in [1.807, 2.05) is 0 Å². The van der Waals surface area contributed by atoms with Gasteiger partial charge in [-0.05, 0) is 0 Å². The van der Waals surface area contributed by atoms with Crippen LogP contribution in [0.15, 0.2) is 24.3 Å². The fourth-order valence-electron chi connectivity index (χ4n) is 1.27. The van der Waals surface area contributed by atoms with Crippen LogP contribution >= 0.6 is 0 Å². The molecule has 1 aromatic rings. The Morgan fingerprint density at radius 3 is 2.79 bits per heavy atom. The Kier molecular flexibility index (Phi) is 4.03. The molecule has 1 heterocycles. The van der Waals surface area contributed by atoms with Gasteiger partial charge in [-0.2, -0.15) is 0 Å². The summed E-state index contributed by atoms with van der Waals surface area (Å²) in [6.07, 6.45) is 0. The van der Waals surface area contributed by atoms with Crippen LogP contribution in [0.4, 0.5) is 0 Å². The molecule has 0 saturated carbocycles. The molecule has 0 aliphatic carbocycles. The zero-order chi connectivity index (χ0) is 9.80. The molecule has 1 aromatic carbocycles. The third-order valence-electron chi connectivity index (χ3n) is 1.93. The molecule has 0 unspecified atom stereocenters. The Labute approximate surface area is 99.7 Å². The van der Waals surface area contributed by atoms with Crippen molar-refractivity contribution in [3.8, 4) is 0 Å².